The summed E-state index contributed by atoms with van der Waals surface area (Å²) in [5.74, 6) is 0. The summed E-state index contributed by atoms with van der Waals surface area (Å²) in [4.78, 5) is 0. The van der Waals surface area contributed by atoms with Crippen molar-refractivity contribution >= 4 is 11.5 Å². The molecule has 2 nitrogen and oxygen atoms in total. The third-order valence-electron chi connectivity index (χ3n) is 1.33. The average Bonchev–Trinajstić information content (AvgIpc) is 2.32. The van der Waals surface area contributed by atoms with Gasteiger partial charge >= 0.3 is 6.18 Å². The van der Waals surface area contributed by atoms with Crippen LogP contribution in [0.25, 0.3) is 0 Å². The van der Waals surface area contributed by atoms with Gasteiger partial charge < -0.3 is 5.73 Å². The molecule has 1 aromatic rings. The van der Waals surface area contributed by atoms with Gasteiger partial charge in [0.15, 0.2) is 0 Å². The van der Waals surface area contributed by atoms with Crippen LogP contribution in [0.3, 0.4) is 0 Å². The minimum Gasteiger partial charge on any atom is -0.324 e. The Morgan fingerprint density at radius 3 is 2.67 bits per heavy atom. The molecule has 0 amide bonds. The molecule has 0 aliphatic heterocycles. The molecular weight excluding hydrogens is 189 g/mol. The molecule has 1 rings (SSSR count). The van der Waals surface area contributed by atoms with E-state index in [4.69, 9.17) is 5.73 Å². The highest BCUT2D eigenvalue weighted by Gasteiger charge is 2.31. The Morgan fingerprint density at radius 2 is 2.25 bits per heavy atom. The predicted molar refractivity (Wildman–Crippen MR) is 39.7 cm³/mol. The molecule has 0 saturated carbocycles. The summed E-state index contributed by atoms with van der Waals surface area (Å²) >= 11 is 1.10. The van der Waals surface area contributed by atoms with E-state index in [1.807, 2.05) is 0 Å². The number of nitrogens with two attached hydrogens (primary N) is 1. The molecule has 0 aliphatic rings. The largest absolute Gasteiger partial charge is 0.390 e. The summed E-state index contributed by atoms with van der Waals surface area (Å²) in [6.45, 7) is 0. The predicted octanol–water partition coefficient (Wildman–Crippen LogP) is 2.10. The van der Waals surface area contributed by atoms with Crippen molar-refractivity contribution in [3.05, 3.63) is 17.1 Å². The molecular formula is C6H7F3N2S. The van der Waals surface area contributed by atoms with Crippen LogP contribution in [0.1, 0.15) is 18.0 Å². The zero-order chi connectivity index (χ0) is 9.19. The van der Waals surface area contributed by atoms with Crippen LogP contribution in [-0.2, 0) is 0 Å². The van der Waals surface area contributed by atoms with Crippen LogP contribution in [-0.4, -0.2) is 10.5 Å². The van der Waals surface area contributed by atoms with Crippen LogP contribution < -0.4 is 5.73 Å². The molecule has 6 heteroatoms. The topological polar surface area (TPSA) is 38.9 Å². The minimum absolute atomic E-state index is 0.442. The number of hydrogen-bond acceptors (Lipinski definition) is 3. The third-order valence-corrected chi connectivity index (χ3v) is 1.94. The first kappa shape index (κ1) is 9.47. The molecule has 1 heterocycles. The minimum atomic E-state index is -4.21. The number of alkyl halides is 3. The average molecular weight is 196 g/mol. The number of aromatic nitrogens is 1. The van der Waals surface area contributed by atoms with E-state index < -0.39 is 18.6 Å². The monoisotopic (exact) mass is 196 g/mol. The molecule has 0 aliphatic carbocycles. The van der Waals surface area contributed by atoms with Crippen molar-refractivity contribution in [2.24, 2.45) is 5.73 Å². The maximum Gasteiger partial charge on any atom is 0.390 e. The van der Waals surface area contributed by atoms with Crippen molar-refractivity contribution < 1.29 is 13.2 Å². The maximum atomic E-state index is 11.8. The molecule has 0 spiro atoms. The molecule has 1 unspecified atom stereocenters. The first-order valence-corrected chi connectivity index (χ1v) is 4.04. The van der Waals surface area contributed by atoms with Gasteiger partial charge in [0.2, 0.25) is 0 Å². The van der Waals surface area contributed by atoms with Crippen LogP contribution in [0.15, 0.2) is 11.6 Å². The van der Waals surface area contributed by atoms with Gasteiger partial charge in [-0.2, -0.15) is 13.2 Å². The molecule has 0 bridgehead atoms. The van der Waals surface area contributed by atoms with Crippen LogP contribution in [0, 0.1) is 0 Å². The van der Waals surface area contributed by atoms with E-state index in [0.29, 0.717) is 5.56 Å². The summed E-state index contributed by atoms with van der Waals surface area (Å²) in [7, 11) is 0. The van der Waals surface area contributed by atoms with Gasteiger partial charge in [0.05, 0.1) is 6.42 Å². The van der Waals surface area contributed by atoms with Gasteiger partial charge in [-0.3, -0.25) is 0 Å². The van der Waals surface area contributed by atoms with E-state index in [2.05, 4.69) is 4.37 Å². The number of hydrogen-bond donors (Lipinski definition) is 1. The Bertz CT molecular complexity index is 231. The first-order valence-electron chi connectivity index (χ1n) is 3.20. The standard InChI is InChI=1S/C6H7F3N2S/c7-6(8,9)1-5(10)4-2-11-12-3-4/h2-3,5H,1,10H2. The second-order valence-electron chi connectivity index (χ2n) is 2.38. The number of nitrogens with zero attached hydrogens (tertiary/aromatic N) is 1. The van der Waals surface area contributed by atoms with Gasteiger partial charge in [0.1, 0.15) is 0 Å². The Labute approximate surface area is 71.4 Å². The van der Waals surface area contributed by atoms with Gasteiger partial charge in [0.25, 0.3) is 0 Å². The molecule has 0 aromatic carbocycles. The van der Waals surface area contributed by atoms with Crippen LogP contribution >= 0.6 is 11.5 Å². The molecule has 1 atom stereocenters. The molecule has 68 valence electrons. The lowest BCUT2D eigenvalue weighted by molar-refractivity contribution is -0.138. The molecule has 0 radical (unpaired) electrons. The third kappa shape index (κ3) is 2.78. The lowest BCUT2D eigenvalue weighted by atomic mass is 10.1. The highest BCUT2D eigenvalue weighted by molar-refractivity contribution is 7.03. The smallest absolute Gasteiger partial charge is 0.324 e. The Hall–Kier alpha value is -0.620. The summed E-state index contributed by atoms with van der Waals surface area (Å²) in [5.41, 5.74) is 5.71. The summed E-state index contributed by atoms with van der Waals surface area (Å²) in [6.07, 6.45) is -3.84. The van der Waals surface area contributed by atoms with Crippen LogP contribution in [0.2, 0.25) is 0 Å². The lowest BCUT2D eigenvalue weighted by Gasteiger charge is -2.11. The number of halogens is 3. The fraction of sp³-hybridized carbons (Fsp3) is 0.500. The van der Waals surface area contributed by atoms with Crippen molar-refractivity contribution in [3.8, 4) is 0 Å². The van der Waals surface area contributed by atoms with E-state index in [-0.39, 0.29) is 0 Å². The fourth-order valence-corrected chi connectivity index (χ4v) is 1.36. The summed E-state index contributed by atoms with van der Waals surface area (Å²) < 4.78 is 39.1. The van der Waals surface area contributed by atoms with Crippen molar-refractivity contribution in [2.45, 2.75) is 18.6 Å². The summed E-state index contributed by atoms with van der Waals surface area (Å²) in [5, 5.41) is 1.52. The highest BCUT2D eigenvalue weighted by Crippen LogP contribution is 2.27. The van der Waals surface area contributed by atoms with Crippen LogP contribution in [0.5, 0.6) is 0 Å². The quantitative estimate of drug-likeness (QED) is 0.786. The van der Waals surface area contributed by atoms with Crippen molar-refractivity contribution in [1.29, 1.82) is 0 Å². The van der Waals surface area contributed by atoms with Gasteiger partial charge in [-0.05, 0) is 17.1 Å². The van der Waals surface area contributed by atoms with E-state index in [1.165, 1.54) is 11.6 Å². The normalized spacial score (nSPS) is 14.7. The molecule has 12 heavy (non-hydrogen) atoms. The zero-order valence-electron chi connectivity index (χ0n) is 6.01. The molecule has 0 saturated heterocycles. The lowest BCUT2D eigenvalue weighted by Crippen LogP contribution is -2.19. The Morgan fingerprint density at radius 1 is 1.58 bits per heavy atom. The SMILES string of the molecule is NC(CC(F)(F)F)c1cnsc1. The molecule has 2 N–H and O–H groups in total. The van der Waals surface area contributed by atoms with E-state index in [9.17, 15) is 13.2 Å². The fourth-order valence-electron chi connectivity index (χ4n) is 0.763. The molecule has 0 fully saturated rings. The zero-order valence-corrected chi connectivity index (χ0v) is 6.82. The van der Waals surface area contributed by atoms with Gasteiger partial charge in [-0.15, -0.1) is 0 Å². The van der Waals surface area contributed by atoms with E-state index in [0.717, 1.165) is 11.5 Å². The van der Waals surface area contributed by atoms with Gasteiger partial charge in [0, 0.05) is 17.6 Å². The van der Waals surface area contributed by atoms with Crippen LogP contribution in [0.4, 0.5) is 13.2 Å². The van der Waals surface area contributed by atoms with Gasteiger partial charge in [-0.25, -0.2) is 4.37 Å². The highest BCUT2D eigenvalue weighted by atomic mass is 32.1. The van der Waals surface area contributed by atoms with Crippen molar-refractivity contribution in [3.63, 3.8) is 0 Å². The second-order valence-corrected chi connectivity index (χ2v) is 3.04. The second kappa shape index (κ2) is 3.40. The number of rotatable bonds is 2. The molecule has 1 aromatic heterocycles. The van der Waals surface area contributed by atoms with E-state index >= 15 is 0 Å². The van der Waals surface area contributed by atoms with Crippen molar-refractivity contribution in [2.75, 3.05) is 0 Å². The first-order chi connectivity index (χ1) is 5.49. The Kier molecular flexibility index (Phi) is 2.69. The van der Waals surface area contributed by atoms with Crippen molar-refractivity contribution in [1.82, 2.24) is 4.37 Å². The van der Waals surface area contributed by atoms with E-state index in [1.54, 1.807) is 0 Å². The summed E-state index contributed by atoms with van der Waals surface area (Å²) in [6, 6.07) is -0.983. The van der Waals surface area contributed by atoms with Gasteiger partial charge in [-0.1, -0.05) is 0 Å². The Balaban J connectivity index is 2.56. The maximum absolute atomic E-state index is 11.8.